The first-order valence-electron chi connectivity index (χ1n) is 11.1. The van der Waals surface area contributed by atoms with Crippen molar-refractivity contribution in [1.29, 1.82) is 0 Å². The molecule has 3 aromatic rings. The summed E-state index contributed by atoms with van der Waals surface area (Å²) in [5.74, 6) is -0.791. The highest BCUT2D eigenvalue weighted by Gasteiger charge is 2.20. The fourth-order valence-corrected chi connectivity index (χ4v) is 3.74. The van der Waals surface area contributed by atoms with E-state index in [9.17, 15) is 14.4 Å². The van der Waals surface area contributed by atoms with Crippen molar-refractivity contribution in [2.75, 3.05) is 25.1 Å². The smallest absolute Gasteiger partial charge is 0.326 e. The Hall–Kier alpha value is -3.92. The van der Waals surface area contributed by atoms with Crippen LogP contribution in [0.2, 0.25) is 0 Å². The molecule has 0 aliphatic heterocycles. The Kier molecular flexibility index (Phi) is 9.19. The summed E-state index contributed by atoms with van der Waals surface area (Å²) in [6, 6.07) is 14.3. The molecule has 0 spiro atoms. The van der Waals surface area contributed by atoms with E-state index in [1.54, 1.807) is 18.2 Å². The molecule has 1 aromatic heterocycles. The van der Waals surface area contributed by atoms with Crippen LogP contribution in [0, 0.1) is 0 Å². The van der Waals surface area contributed by atoms with Crippen LogP contribution in [0.4, 0.5) is 5.13 Å². The molecule has 2 amide bonds. The zero-order valence-corrected chi connectivity index (χ0v) is 20.5. The molecule has 2 N–H and O–H groups in total. The lowest BCUT2D eigenvalue weighted by Gasteiger charge is -2.14. The van der Waals surface area contributed by atoms with Crippen molar-refractivity contribution in [3.8, 4) is 22.8 Å². The predicted octanol–water partition coefficient (Wildman–Crippen LogP) is 3.91. The Bertz CT molecular complexity index is 1170. The van der Waals surface area contributed by atoms with Crippen molar-refractivity contribution in [3.05, 3.63) is 59.5 Å². The number of aromatic nitrogens is 1. The van der Waals surface area contributed by atoms with Crippen LogP contribution in [-0.4, -0.2) is 48.6 Å². The Morgan fingerprint density at radius 2 is 1.71 bits per heavy atom. The van der Waals surface area contributed by atoms with Crippen molar-refractivity contribution in [2.45, 2.75) is 26.9 Å². The number of hydrogen-bond acceptors (Lipinski definition) is 8. The van der Waals surface area contributed by atoms with Crippen molar-refractivity contribution in [3.63, 3.8) is 0 Å². The lowest BCUT2D eigenvalue weighted by Crippen LogP contribution is -2.35. The Morgan fingerprint density at radius 3 is 2.43 bits per heavy atom. The van der Waals surface area contributed by atoms with Gasteiger partial charge in [-0.1, -0.05) is 30.3 Å². The molecule has 0 aliphatic carbocycles. The molecule has 0 fully saturated rings. The number of amides is 2. The largest absolute Gasteiger partial charge is 0.490 e. The third kappa shape index (κ3) is 7.28. The van der Waals surface area contributed by atoms with Gasteiger partial charge < -0.3 is 19.5 Å². The van der Waals surface area contributed by atoms with E-state index in [-0.39, 0.29) is 0 Å². The first-order chi connectivity index (χ1) is 16.9. The molecule has 2 aromatic carbocycles. The zero-order valence-electron chi connectivity index (χ0n) is 19.7. The molecule has 1 unspecified atom stereocenters. The van der Waals surface area contributed by atoms with Gasteiger partial charge in [0.2, 0.25) is 0 Å². The third-order valence-corrected chi connectivity index (χ3v) is 5.44. The monoisotopic (exact) mass is 497 g/mol. The highest BCUT2D eigenvalue weighted by atomic mass is 32.1. The number of ether oxygens (including phenoxy) is 3. The molecule has 0 saturated carbocycles. The number of hydrogen-bond donors (Lipinski definition) is 2. The normalized spacial score (nSPS) is 11.3. The summed E-state index contributed by atoms with van der Waals surface area (Å²) in [4.78, 5) is 41.4. The lowest BCUT2D eigenvalue weighted by atomic mass is 10.2. The quantitative estimate of drug-likeness (QED) is 0.386. The highest BCUT2D eigenvalue weighted by molar-refractivity contribution is 7.14. The number of rotatable bonds is 11. The van der Waals surface area contributed by atoms with E-state index in [0.29, 0.717) is 35.4 Å². The average Bonchev–Trinajstić information content (AvgIpc) is 3.33. The first kappa shape index (κ1) is 25.7. The molecule has 0 saturated heterocycles. The number of nitrogens with one attached hydrogen (secondary N) is 2. The van der Waals surface area contributed by atoms with Crippen LogP contribution in [-0.2, 0) is 14.3 Å². The van der Waals surface area contributed by atoms with E-state index >= 15 is 0 Å². The summed E-state index contributed by atoms with van der Waals surface area (Å²) in [5, 5.41) is 7.35. The molecular formula is C25H27N3O6S. The number of thiazole rings is 1. The van der Waals surface area contributed by atoms with E-state index in [0.717, 1.165) is 11.3 Å². The second kappa shape index (κ2) is 12.5. The summed E-state index contributed by atoms with van der Waals surface area (Å²) in [7, 11) is 0. The van der Waals surface area contributed by atoms with Gasteiger partial charge in [0.25, 0.3) is 11.8 Å². The van der Waals surface area contributed by atoms with E-state index in [4.69, 9.17) is 14.2 Å². The van der Waals surface area contributed by atoms with E-state index < -0.39 is 30.4 Å². The lowest BCUT2D eigenvalue weighted by molar-refractivity contribution is -0.152. The van der Waals surface area contributed by atoms with Crippen molar-refractivity contribution in [1.82, 2.24) is 10.3 Å². The number of carbonyl (C=O) groups is 3. The van der Waals surface area contributed by atoms with Crippen LogP contribution in [0.15, 0.2) is 53.9 Å². The molecule has 9 nitrogen and oxygen atoms in total. The van der Waals surface area contributed by atoms with Crippen molar-refractivity contribution < 1.29 is 28.6 Å². The molecule has 3 rings (SSSR count). The Balaban J connectivity index is 1.49. The van der Waals surface area contributed by atoms with Gasteiger partial charge in [0.15, 0.2) is 22.7 Å². The maximum absolute atomic E-state index is 12.5. The van der Waals surface area contributed by atoms with Gasteiger partial charge >= 0.3 is 5.97 Å². The van der Waals surface area contributed by atoms with E-state index in [2.05, 4.69) is 15.6 Å². The van der Waals surface area contributed by atoms with Crippen LogP contribution < -0.4 is 20.1 Å². The predicted molar refractivity (Wildman–Crippen MR) is 133 cm³/mol. The van der Waals surface area contributed by atoms with Crippen LogP contribution >= 0.6 is 11.3 Å². The minimum atomic E-state index is -1.07. The fourth-order valence-electron chi connectivity index (χ4n) is 3.02. The van der Waals surface area contributed by atoms with Crippen molar-refractivity contribution >= 4 is 34.3 Å². The molecule has 1 atom stereocenters. The molecule has 10 heteroatoms. The highest BCUT2D eigenvalue weighted by Crippen LogP contribution is 2.28. The molecule has 35 heavy (non-hydrogen) atoms. The second-order valence-corrected chi connectivity index (χ2v) is 8.09. The van der Waals surface area contributed by atoms with Gasteiger partial charge in [-0.2, -0.15) is 0 Å². The number of carbonyl (C=O) groups excluding carboxylic acids is 3. The standard InChI is InChI=1S/C25H27N3O6S/c1-4-32-20-12-11-18(13-21(20)33-5-2)24(31)26-14-22(29)34-16(3)23(30)28-25-27-19(15-35-25)17-9-7-6-8-10-17/h6-13,15-16H,4-5,14H2,1-3H3,(H,26,31)(H,27,28,30). The Morgan fingerprint density at radius 1 is 1.00 bits per heavy atom. The number of nitrogens with zero attached hydrogens (tertiary/aromatic N) is 1. The van der Waals surface area contributed by atoms with Gasteiger partial charge in [-0.05, 0) is 39.0 Å². The van der Waals surface area contributed by atoms with Gasteiger partial charge in [0.1, 0.15) is 6.54 Å². The van der Waals surface area contributed by atoms with E-state index in [1.807, 2.05) is 49.6 Å². The third-order valence-electron chi connectivity index (χ3n) is 4.68. The fraction of sp³-hybridized carbons (Fsp3) is 0.280. The molecule has 0 radical (unpaired) electrons. The van der Waals surface area contributed by atoms with Gasteiger partial charge in [-0.3, -0.25) is 19.7 Å². The molecule has 184 valence electrons. The average molecular weight is 498 g/mol. The molecular weight excluding hydrogens is 470 g/mol. The van der Waals surface area contributed by atoms with Crippen LogP contribution in [0.5, 0.6) is 11.5 Å². The SMILES string of the molecule is CCOc1ccc(C(=O)NCC(=O)OC(C)C(=O)Nc2nc(-c3ccccc3)cs2)cc1OCC. The maximum Gasteiger partial charge on any atom is 0.326 e. The first-order valence-corrected chi connectivity index (χ1v) is 12.0. The van der Waals surface area contributed by atoms with Gasteiger partial charge in [-0.15, -0.1) is 11.3 Å². The number of esters is 1. The Labute approximate surface area is 207 Å². The van der Waals surface area contributed by atoms with Gasteiger partial charge in [0, 0.05) is 16.5 Å². The minimum absolute atomic E-state index is 0.300. The van der Waals surface area contributed by atoms with E-state index in [1.165, 1.54) is 18.3 Å². The molecule has 1 heterocycles. The van der Waals surface area contributed by atoms with Crippen molar-refractivity contribution in [2.24, 2.45) is 0 Å². The number of anilines is 1. The minimum Gasteiger partial charge on any atom is -0.490 e. The molecule has 0 bridgehead atoms. The summed E-state index contributed by atoms with van der Waals surface area (Å²) in [5.41, 5.74) is 1.97. The van der Waals surface area contributed by atoms with Crippen LogP contribution in [0.25, 0.3) is 11.3 Å². The number of benzene rings is 2. The van der Waals surface area contributed by atoms with Gasteiger partial charge in [0.05, 0.1) is 18.9 Å². The zero-order chi connectivity index (χ0) is 25.2. The van der Waals surface area contributed by atoms with Crippen LogP contribution in [0.1, 0.15) is 31.1 Å². The second-order valence-electron chi connectivity index (χ2n) is 7.24. The summed E-state index contributed by atoms with van der Waals surface area (Å²) in [6.45, 7) is 5.59. The summed E-state index contributed by atoms with van der Waals surface area (Å²) >= 11 is 1.27. The van der Waals surface area contributed by atoms with Crippen LogP contribution in [0.3, 0.4) is 0 Å². The summed E-state index contributed by atoms with van der Waals surface area (Å²) < 4.78 is 16.1. The summed E-state index contributed by atoms with van der Waals surface area (Å²) in [6.07, 6.45) is -1.07. The molecule has 0 aliphatic rings. The topological polar surface area (TPSA) is 116 Å². The maximum atomic E-state index is 12.5. The van der Waals surface area contributed by atoms with Gasteiger partial charge in [-0.25, -0.2) is 4.98 Å².